The number of aromatic nitrogens is 3. The van der Waals surface area contributed by atoms with Gasteiger partial charge in [0.05, 0.1) is 5.69 Å². The second-order valence-electron chi connectivity index (χ2n) is 3.96. The van der Waals surface area contributed by atoms with E-state index in [1.54, 1.807) is 16.8 Å². The topological polar surface area (TPSA) is 85.8 Å². The van der Waals surface area contributed by atoms with E-state index in [1.165, 1.54) is 6.20 Å². The number of amides is 1. The van der Waals surface area contributed by atoms with E-state index in [4.69, 9.17) is 5.73 Å². The molecule has 2 aromatic rings. The quantitative estimate of drug-likeness (QED) is 0.814. The fraction of sp³-hybridized carbons (Fsp3) is 0.250. The Hall–Kier alpha value is -2.37. The van der Waals surface area contributed by atoms with Crippen molar-refractivity contribution in [2.45, 2.75) is 6.42 Å². The van der Waals surface area contributed by atoms with Crippen molar-refractivity contribution < 1.29 is 4.79 Å². The molecule has 0 bridgehead atoms. The monoisotopic (exact) mass is 245 g/mol. The zero-order valence-corrected chi connectivity index (χ0v) is 10.1. The molecule has 0 unspecified atom stereocenters. The highest BCUT2D eigenvalue weighted by Gasteiger charge is 2.06. The number of carbonyl (C=O) groups excluding carboxylic acids is 1. The molecule has 6 heteroatoms. The van der Waals surface area contributed by atoms with E-state index >= 15 is 0 Å². The van der Waals surface area contributed by atoms with Crippen LogP contribution in [0, 0.1) is 0 Å². The lowest BCUT2D eigenvalue weighted by Gasteiger charge is -2.03. The highest BCUT2D eigenvalue weighted by molar-refractivity contribution is 5.92. The van der Waals surface area contributed by atoms with Gasteiger partial charge in [-0.15, -0.1) is 0 Å². The Bertz CT molecular complexity index is 549. The Kier molecular flexibility index (Phi) is 3.57. The molecular formula is C12H15N5O. The lowest BCUT2D eigenvalue weighted by Crippen LogP contribution is -2.26. The third-order valence-corrected chi connectivity index (χ3v) is 2.45. The molecule has 2 heterocycles. The van der Waals surface area contributed by atoms with E-state index in [9.17, 15) is 4.79 Å². The van der Waals surface area contributed by atoms with Gasteiger partial charge in [-0.25, -0.2) is 0 Å². The molecule has 6 nitrogen and oxygen atoms in total. The first-order valence-electron chi connectivity index (χ1n) is 5.63. The minimum absolute atomic E-state index is 0.224. The number of pyridine rings is 1. The van der Waals surface area contributed by atoms with Crippen LogP contribution >= 0.6 is 0 Å². The molecule has 0 radical (unpaired) electrons. The van der Waals surface area contributed by atoms with Gasteiger partial charge >= 0.3 is 0 Å². The van der Waals surface area contributed by atoms with E-state index in [0.29, 0.717) is 24.3 Å². The van der Waals surface area contributed by atoms with Gasteiger partial charge in [0.15, 0.2) is 0 Å². The van der Waals surface area contributed by atoms with E-state index in [0.717, 1.165) is 5.69 Å². The summed E-state index contributed by atoms with van der Waals surface area (Å²) in [5, 5.41) is 7.00. The van der Waals surface area contributed by atoms with Crippen molar-refractivity contribution in [2.24, 2.45) is 7.05 Å². The zero-order chi connectivity index (χ0) is 13.0. The number of nitrogen functional groups attached to an aromatic ring is 1. The molecule has 0 saturated heterocycles. The summed E-state index contributed by atoms with van der Waals surface area (Å²) >= 11 is 0. The minimum atomic E-state index is -0.224. The molecule has 0 aliphatic rings. The SMILES string of the molecule is Cn1ccc(CCNC(=O)c2cc(N)ccn2)n1. The van der Waals surface area contributed by atoms with Gasteiger partial charge in [-0.1, -0.05) is 0 Å². The van der Waals surface area contributed by atoms with Crippen molar-refractivity contribution in [3.63, 3.8) is 0 Å². The summed E-state index contributed by atoms with van der Waals surface area (Å²) in [7, 11) is 1.86. The van der Waals surface area contributed by atoms with Crippen molar-refractivity contribution in [2.75, 3.05) is 12.3 Å². The summed E-state index contributed by atoms with van der Waals surface area (Å²) in [6.45, 7) is 0.520. The van der Waals surface area contributed by atoms with Crippen LogP contribution in [-0.4, -0.2) is 27.2 Å². The van der Waals surface area contributed by atoms with Gasteiger partial charge in [0, 0.05) is 38.1 Å². The van der Waals surface area contributed by atoms with Crippen LogP contribution in [0.15, 0.2) is 30.6 Å². The number of carbonyl (C=O) groups is 1. The maximum atomic E-state index is 11.7. The van der Waals surface area contributed by atoms with Crippen molar-refractivity contribution in [3.05, 3.63) is 42.0 Å². The van der Waals surface area contributed by atoms with Gasteiger partial charge < -0.3 is 11.1 Å². The molecule has 94 valence electrons. The number of rotatable bonds is 4. The highest BCUT2D eigenvalue weighted by Crippen LogP contribution is 2.02. The summed E-state index contributed by atoms with van der Waals surface area (Å²) < 4.78 is 1.73. The maximum absolute atomic E-state index is 11.7. The number of nitrogens with one attached hydrogen (secondary N) is 1. The first-order chi connectivity index (χ1) is 8.65. The Labute approximate surface area is 105 Å². The van der Waals surface area contributed by atoms with Crippen molar-refractivity contribution >= 4 is 11.6 Å². The molecule has 0 aliphatic carbocycles. The normalized spacial score (nSPS) is 10.3. The predicted molar refractivity (Wildman–Crippen MR) is 67.9 cm³/mol. The molecule has 0 aromatic carbocycles. The number of nitrogens with zero attached hydrogens (tertiary/aromatic N) is 3. The maximum Gasteiger partial charge on any atom is 0.269 e. The van der Waals surface area contributed by atoms with Gasteiger partial charge in [0.25, 0.3) is 5.91 Å². The van der Waals surface area contributed by atoms with Crippen LogP contribution in [0.25, 0.3) is 0 Å². The molecular weight excluding hydrogens is 230 g/mol. The third kappa shape index (κ3) is 3.07. The average Bonchev–Trinajstić information content (AvgIpc) is 2.75. The van der Waals surface area contributed by atoms with Gasteiger partial charge in [0.2, 0.25) is 0 Å². The summed E-state index contributed by atoms with van der Waals surface area (Å²) in [6.07, 6.45) is 4.08. The minimum Gasteiger partial charge on any atom is -0.399 e. The standard InChI is InChI=1S/C12H15N5O/c1-17-7-4-10(16-17)3-6-15-12(18)11-8-9(13)2-5-14-11/h2,4-5,7-8H,3,6H2,1H3,(H2,13,14)(H,15,18). The Morgan fingerprint density at radius 2 is 2.33 bits per heavy atom. The fourth-order valence-electron chi connectivity index (χ4n) is 1.56. The second kappa shape index (κ2) is 5.31. The molecule has 0 atom stereocenters. The molecule has 0 aliphatic heterocycles. The number of aryl methyl sites for hydroxylation is 1. The van der Waals surface area contributed by atoms with Gasteiger partial charge in [-0.2, -0.15) is 5.10 Å². The van der Waals surface area contributed by atoms with Crippen LogP contribution in [0.4, 0.5) is 5.69 Å². The molecule has 2 aromatic heterocycles. The van der Waals surface area contributed by atoms with Crippen LogP contribution in [0.1, 0.15) is 16.2 Å². The molecule has 18 heavy (non-hydrogen) atoms. The summed E-state index contributed by atoms with van der Waals surface area (Å²) in [5.74, 6) is -0.224. The first-order valence-corrected chi connectivity index (χ1v) is 5.63. The molecule has 0 spiro atoms. The van der Waals surface area contributed by atoms with Crippen LogP contribution in [0.3, 0.4) is 0 Å². The number of anilines is 1. The van der Waals surface area contributed by atoms with Crippen molar-refractivity contribution in [3.8, 4) is 0 Å². The second-order valence-corrected chi connectivity index (χ2v) is 3.96. The molecule has 3 N–H and O–H groups in total. The summed E-state index contributed by atoms with van der Waals surface area (Å²) in [4.78, 5) is 15.7. The third-order valence-electron chi connectivity index (χ3n) is 2.45. The van der Waals surface area contributed by atoms with Crippen LogP contribution in [0.5, 0.6) is 0 Å². The highest BCUT2D eigenvalue weighted by atomic mass is 16.1. The van der Waals surface area contributed by atoms with Gasteiger partial charge in [-0.05, 0) is 18.2 Å². The number of hydrogen-bond acceptors (Lipinski definition) is 4. The van der Waals surface area contributed by atoms with Crippen LogP contribution in [0.2, 0.25) is 0 Å². The average molecular weight is 245 g/mol. The van der Waals surface area contributed by atoms with Gasteiger partial charge in [-0.3, -0.25) is 14.5 Å². The Balaban J connectivity index is 1.85. The smallest absolute Gasteiger partial charge is 0.269 e. The van der Waals surface area contributed by atoms with E-state index in [-0.39, 0.29) is 5.91 Å². The molecule has 0 saturated carbocycles. The van der Waals surface area contributed by atoms with Crippen molar-refractivity contribution in [1.29, 1.82) is 0 Å². The molecule has 2 rings (SSSR count). The van der Waals surface area contributed by atoms with Crippen LogP contribution < -0.4 is 11.1 Å². The Morgan fingerprint density at radius 1 is 1.50 bits per heavy atom. The lowest BCUT2D eigenvalue weighted by molar-refractivity contribution is 0.0949. The number of hydrogen-bond donors (Lipinski definition) is 2. The van der Waals surface area contributed by atoms with E-state index < -0.39 is 0 Å². The Morgan fingerprint density at radius 3 is 3.00 bits per heavy atom. The summed E-state index contributed by atoms with van der Waals surface area (Å²) in [6, 6.07) is 5.12. The van der Waals surface area contributed by atoms with Crippen molar-refractivity contribution in [1.82, 2.24) is 20.1 Å². The van der Waals surface area contributed by atoms with E-state index in [1.807, 2.05) is 19.3 Å². The number of nitrogens with two attached hydrogens (primary N) is 1. The van der Waals surface area contributed by atoms with Crippen LogP contribution in [-0.2, 0) is 13.5 Å². The van der Waals surface area contributed by atoms with Gasteiger partial charge in [0.1, 0.15) is 5.69 Å². The predicted octanol–water partition coefficient (Wildman–Crippen LogP) is 0.370. The first kappa shape index (κ1) is 12.1. The molecule has 0 fully saturated rings. The lowest BCUT2D eigenvalue weighted by atomic mass is 10.3. The summed E-state index contributed by atoms with van der Waals surface area (Å²) in [5.41, 5.74) is 7.39. The largest absolute Gasteiger partial charge is 0.399 e. The molecule has 1 amide bonds. The fourth-order valence-corrected chi connectivity index (χ4v) is 1.56. The van der Waals surface area contributed by atoms with E-state index in [2.05, 4.69) is 15.4 Å². The zero-order valence-electron chi connectivity index (χ0n) is 10.1.